The van der Waals surface area contributed by atoms with Crippen molar-refractivity contribution in [3.63, 3.8) is 0 Å². The molecular weight excluding hydrogens is 300 g/mol. The summed E-state index contributed by atoms with van der Waals surface area (Å²) in [5.41, 5.74) is 3.66. The number of rotatable bonds is 3. The maximum Gasteiger partial charge on any atom is 0.148 e. The molecule has 4 rings (SSSR count). The average Bonchev–Trinajstić information content (AvgIpc) is 3.11. The maximum absolute atomic E-state index is 4.46. The zero-order chi connectivity index (χ0) is 15.6. The Labute approximate surface area is 139 Å². The zero-order valence-corrected chi connectivity index (χ0v) is 13.7. The van der Waals surface area contributed by atoms with Crippen molar-refractivity contribution in [2.75, 3.05) is 0 Å². The summed E-state index contributed by atoms with van der Waals surface area (Å²) in [6, 6.07) is 23.2. The maximum atomic E-state index is 4.46. The van der Waals surface area contributed by atoms with Crippen LogP contribution < -0.4 is 0 Å². The van der Waals surface area contributed by atoms with Gasteiger partial charge < -0.3 is 0 Å². The van der Waals surface area contributed by atoms with Crippen molar-refractivity contribution in [3.8, 4) is 21.1 Å². The fourth-order valence-corrected chi connectivity index (χ4v) is 3.83. The molecule has 0 bridgehead atoms. The minimum atomic E-state index is 0.975. The molecule has 2 nitrogen and oxygen atoms in total. The predicted octanol–water partition coefficient (Wildman–Crippen LogP) is 5.59. The summed E-state index contributed by atoms with van der Waals surface area (Å²) in [5, 5.41) is 13.3. The molecule has 0 saturated carbocycles. The minimum absolute atomic E-state index is 0.975. The lowest BCUT2D eigenvalue weighted by molar-refractivity contribution is 1.09. The van der Waals surface area contributed by atoms with Crippen LogP contribution in [0.3, 0.4) is 0 Å². The Bertz CT molecular complexity index is 967. The average molecular weight is 316 g/mol. The first-order valence-corrected chi connectivity index (χ1v) is 8.58. The van der Waals surface area contributed by atoms with Gasteiger partial charge in [0.2, 0.25) is 0 Å². The normalized spacial score (nSPS) is 11.0. The lowest BCUT2D eigenvalue weighted by Crippen LogP contribution is -1.86. The predicted molar refractivity (Wildman–Crippen MR) is 97.7 cm³/mol. The van der Waals surface area contributed by atoms with Crippen LogP contribution in [0.25, 0.3) is 31.9 Å². The lowest BCUT2D eigenvalue weighted by Gasteiger charge is -2.03. The highest BCUT2D eigenvalue weighted by Crippen LogP contribution is 2.35. The molecule has 1 aromatic heterocycles. The highest BCUT2D eigenvalue weighted by molar-refractivity contribution is 7.18. The SMILES string of the molecule is CCc1ccccc1-c1nnc(-c2cccc3ccccc23)s1. The summed E-state index contributed by atoms with van der Waals surface area (Å²) in [4.78, 5) is 0. The Morgan fingerprint density at radius 3 is 2.26 bits per heavy atom. The standard InChI is InChI=1S/C20H16N2S/c1-2-14-8-3-6-12-17(14)19-21-22-20(23-19)18-13-7-10-15-9-4-5-11-16(15)18/h3-13H,2H2,1H3. The van der Waals surface area contributed by atoms with Gasteiger partial charge >= 0.3 is 0 Å². The van der Waals surface area contributed by atoms with Crippen molar-refractivity contribution in [2.24, 2.45) is 0 Å². The largest absolute Gasteiger partial charge is 0.148 e. The highest BCUT2D eigenvalue weighted by Gasteiger charge is 2.12. The van der Waals surface area contributed by atoms with Crippen molar-refractivity contribution in [1.29, 1.82) is 0 Å². The summed E-state index contributed by atoms with van der Waals surface area (Å²) in [6.45, 7) is 2.17. The molecule has 112 valence electrons. The van der Waals surface area contributed by atoms with E-state index in [4.69, 9.17) is 0 Å². The van der Waals surface area contributed by atoms with Crippen LogP contribution in [-0.2, 0) is 6.42 Å². The van der Waals surface area contributed by atoms with Gasteiger partial charge in [-0.15, -0.1) is 10.2 Å². The van der Waals surface area contributed by atoms with Crippen LogP contribution in [0.5, 0.6) is 0 Å². The summed E-state index contributed by atoms with van der Waals surface area (Å²) in [7, 11) is 0. The van der Waals surface area contributed by atoms with Crippen LogP contribution in [0, 0.1) is 0 Å². The number of benzene rings is 3. The van der Waals surface area contributed by atoms with Crippen molar-refractivity contribution in [2.45, 2.75) is 13.3 Å². The molecule has 3 heteroatoms. The second-order valence-electron chi connectivity index (χ2n) is 5.45. The van der Waals surface area contributed by atoms with Gasteiger partial charge in [-0.1, -0.05) is 85.0 Å². The summed E-state index contributed by atoms with van der Waals surface area (Å²) < 4.78 is 0. The Balaban J connectivity index is 1.84. The van der Waals surface area contributed by atoms with E-state index in [9.17, 15) is 0 Å². The third kappa shape index (κ3) is 2.53. The Morgan fingerprint density at radius 2 is 1.39 bits per heavy atom. The van der Waals surface area contributed by atoms with Crippen molar-refractivity contribution in [3.05, 3.63) is 72.3 Å². The first-order chi connectivity index (χ1) is 11.4. The number of aromatic nitrogens is 2. The third-order valence-electron chi connectivity index (χ3n) is 4.07. The number of nitrogens with zero attached hydrogens (tertiary/aromatic N) is 2. The molecule has 0 spiro atoms. The smallest absolute Gasteiger partial charge is 0.138 e. The molecule has 0 saturated heterocycles. The first-order valence-electron chi connectivity index (χ1n) is 7.76. The molecule has 23 heavy (non-hydrogen) atoms. The molecule has 0 unspecified atom stereocenters. The number of aryl methyl sites for hydroxylation is 1. The molecule has 0 fully saturated rings. The van der Waals surface area contributed by atoms with Gasteiger partial charge in [0.25, 0.3) is 0 Å². The van der Waals surface area contributed by atoms with E-state index in [1.54, 1.807) is 11.3 Å². The quantitative estimate of drug-likeness (QED) is 0.492. The fraction of sp³-hybridized carbons (Fsp3) is 0.100. The van der Waals surface area contributed by atoms with E-state index in [0.29, 0.717) is 0 Å². The van der Waals surface area contributed by atoms with E-state index in [0.717, 1.165) is 22.0 Å². The van der Waals surface area contributed by atoms with E-state index >= 15 is 0 Å². The molecule has 0 aliphatic carbocycles. The van der Waals surface area contributed by atoms with Gasteiger partial charge in [0.1, 0.15) is 10.0 Å². The van der Waals surface area contributed by atoms with E-state index < -0.39 is 0 Å². The number of fused-ring (bicyclic) bond motifs is 1. The lowest BCUT2D eigenvalue weighted by atomic mass is 10.1. The van der Waals surface area contributed by atoms with Gasteiger partial charge in [0, 0.05) is 11.1 Å². The number of hydrogen-bond acceptors (Lipinski definition) is 3. The van der Waals surface area contributed by atoms with Crippen LogP contribution in [0.15, 0.2) is 66.7 Å². The number of hydrogen-bond donors (Lipinski definition) is 0. The third-order valence-corrected chi connectivity index (χ3v) is 5.06. The van der Waals surface area contributed by atoms with E-state index in [-0.39, 0.29) is 0 Å². The van der Waals surface area contributed by atoms with Gasteiger partial charge in [-0.05, 0) is 22.8 Å². The summed E-state index contributed by atoms with van der Waals surface area (Å²) in [6.07, 6.45) is 0.999. The van der Waals surface area contributed by atoms with E-state index in [2.05, 4.69) is 83.9 Å². The molecule has 0 N–H and O–H groups in total. The molecular formula is C20H16N2S. The zero-order valence-electron chi connectivity index (χ0n) is 12.9. The summed E-state index contributed by atoms with van der Waals surface area (Å²) in [5.74, 6) is 0. The fourth-order valence-electron chi connectivity index (χ4n) is 2.89. The van der Waals surface area contributed by atoms with E-state index in [1.165, 1.54) is 21.9 Å². The molecule has 3 aromatic carbocycles. The molecule has 0 amide bonds. The van der Waals surface area contributed by atoms with Gasteiger partial charge in [0.05, 0.1) is 0 Å². The van der Waals surface area contributed by atoms with Crippen LogP contribution in [-0.4, -0.2) is 10.2 Å². The molecule has 0 atom stereocenters. The molecule has 0 aliphatic rings. The van der Waals surface area contributed by atoms with Crippen molar-refractivity contribution < 1.29 is 0 Å². The second-order valence-corrected chi connectivity index (χ2v) is 6.43. The van der Waals surface area contributed by atoms with Crippen LogP contribution in [0.2, 0.25) is 0 Å². The van der Waals surface area contributed by atoms with Gasteiger partial charge in [-0.25, -0.2) is 0 Å². The minimum Gasteiger partial charge on any atom is -0.138 e. The first kappa shape index (κ1) is 14.1. The van der Waals surface area contributed by atoms with Gasteiger partial charge in [-0.3, -0.25) is 0 Å². The van der Waals surface area contributed by atoms with Crippen LogP contribution in [0.1, 0.15) is 12.5 Å². The topological polar surface area (TPSA) is 25.8 Å². The van der Waals surface area contributed by atoms with Crippen LogP contribution >= 0.6 is 11.3 Å². The summed E-state index contributed by atoms with van der Waals surface area (Å²) >= 11 is 1.66. The monoisotopic (exact) mass is 316 g/mol. The molecule has 4 aromatic rings. The van der Waals surface area contributed by atoms with Crippen LogP contribution in [0.4, 0.5) is 0 Å². The molecule has 0 aliphatic heterocycles. The second kappa shape index (κ2) is 5.94. The Kier molecular flexibility index (Phi) is 3.64. The molecule has 0 radical (unpaired) electrons. The van der Waals surface area contributed by atoms with Gasteiger partial charge in [-0.2, -0.15) is 0 Å². The van der Waals surface area contributed by atoms with Crippen molar-refractivity contribution >= 4 is 22.1 Å². The van der Waals surface area contributed by atoms with Crippen molar-refractivity contribution in [1.82, 2.24) is 10.2 Å². The Hall–Kier alpha value is -2.52. The Morgan fingerprint density at radius 1 is 0.739 bits per heavy atom. The van der Waals surface area contributed by atoms with E-state index in [1.807, 2.05) is 0 Å². The highest BCUT2D eigenvalue weighted by atomic mass is 32.1. The molecule has 1 heterocycles. The van der Waals surface area contributed by atoms with Gasteiger partial charge in [0.15, 0.2) is 0 Å².